The van der Waals surface area contributed by atoms with Crippen LogP contribution in [0, 0.1) is 0 Å². The van der Waals surface area contributed by atoms with Crippen molar-refractivity contribution in [2.45, 2.75) is 0 Å². The van der Waals surface area contributed by atoms with Crippen molar-refractivity contribution in [1.82, 2.24) is 18.3 Å². The Morgan fingerprint density at radius 1 is 0.167 bits per heavy atom. The van der Waals surface area contributed by atoms with Gasteiger partial charge in [-0.15, -0.1) is 0 Å². The van der Waals surface area contributed by atoms with Gasteiger partial charge in [0.2, 0.25) is 0 Å². The predicted molar refractivity (Wildman–Crippen MR) is 426 cm³/mol. The molecule has 6 heterocycles. The molecule has 22 aromatic rings. The zero-order valence-corrected chi connectivity index (χ0v) is 55.1. The molecule has 0 aliphatic carbocycles. The van der Waals surface area contributed by atoms with E-state index in [0.717, 1.165) is 160 Å². The largest absolute Gasteiger partial charge is 0.455 e. The van der Waals surface area contributed by atoms with E-state index in [1.54, 1.807) is 0 Å². The second-order valence-corrected chi connectivity index (χ2v) is 27.1. The molecule has 16 aromatic carbocycles. The molecule has 6 heteroatoms. The summed E-state index contributed by atoms with van der Waals surface area (Å²) < 4.78 is 23.4. The first-order valence-corrected chi connectivity index (χ1v) is 34.9. The zero-order valence-electron chi connectivity index (χ0n) is 55.1. The lowest BCUT2D eigenvalue weighted by Gasteiger charge is -2.12. The number of hydrogen-bond donors (Lipinski definition) is 0. The summed E-state index contributed by atoms with van der Waals surface area (Å²) in [6, 6.07) is 128. The molecule has 0 spiro atoms. The van der Waals surface area contributed by atoms with E-state index in [4.69, 9.17) is 8.83 Å². The molecule has 0 radical (unpaired) electrons. The maximum atomic E-state index is 7.07. The van der Waals surface area contributed by atoms with E-state index in [2.05, 4.69) is 370 Å². The fourth-order valence-corrected chi connectivity index (χ4v) is 16.8. The quantitative estimate of drug-likeness (QED) is 0.145. The fraction of sp³-hybridized carbons (Fsp3) is 0. The van der Waals surface area contributed by atoms with Gasteiger partial charge in [-0.25, -0.2) is 0 Å². The number of aromatic nitrogens is 4. The third-order valence-corrected chi connectivity index (χ3v) is 21.6. The molecule has 0 fully saturated rings. The molecule has 0 amide bonds. The molecule has 0 unspecified atom stereocenters. The summed E-state index contributed by atoms with van der Waals surface area (Å²) in [6.07, 6.45) is 0. The van der Waals surface area contributed by atoms with Crippen molar-refractivity contribution >= 4 is 131 Å². The highest BCUT2D eigenvalue weighted by Crippen LogP contribution is 2.46. The average Bonchev–Trinajstić information content (AvgIpc) is 1.57. The SMILES string of the molecule is c1cc(-c2cccc(-c3ccc4c(c3)c3ccc5c6ccccc6oc5c3n4-c3ccc(-c4ccc(-n5c6ccccc6c6ccccc65)cc4)cc3)c2)cc(-c2ccc3c(c2)oc2c3ccc3c2c2ccccc2n3-c2ccc(-c3ccc(-n4c5ccccc5c5ccccc54)cc3)cc2)c1. The van der Waals surface area contributed by atoms with E-state index in [-0.39, 0.29) is 0 Å². The Morgan fingerprint density at radius 2 is 0.490 bits per heavy atom. The first kappa shape index (κ1) is 56.3. The summed E-state index contributed by atoms with van der Waals surface area (Å²) in [5.74, 6) is 0. The Morgan fingerprint density at radius 3 is 1.00 bits per heavy atom. The molecule has 6 aromatic heterocycles. The van der Waals surface area contributed by atoms with Crippen LogP contribution in [0.2, 0.25) is 0 Å². The van der Waals surface area contributed by atoms with Crippen molar-refractivity contribution < 1.29 is 8.83 Å². The summed E-state index contributed by atoms with van der Waals surface area (Å²) in [6.45, 7) is 0. The van der Waals surface area contributed by atoms with Gasteiger partial charge in [0, 0.05) is 82.0 Å². The van der Waals surface area contributed by atoms with Gasteiger partial charge in [-0.05, 0) is 195 Å². The maximum absolute atomic E-state index is 7.07. The van der Waals surface area contributed by atoms with Crippen LogP contribution >= 0.6 is 0 Å². The minimum Gasteiger partial charge on any atom is -0.455 e. The van der Waals surface area contributed by atoms with Crippen molar-refractivity contribution in [1.29, 1.82) is 0 Å². The molecule has 6 nitrogen and oxygen atoms in total. The van der Waals surface area contributed by atoms with Gasteiger partial charge in [-0.2, -0.15) is 0 Å². The Balaban J connectivity index is 0.573. The number of para-hydroxylation sites is 6. The van der Waals surface area contributed by atoms with Crippen molar-refractivity contribution in [3.63, 3.8) is 0 Å². The van der Waals surface area contributed by atoms with E-state index in [1.165, 1.54) is 49.2 Å². The zero-order chi connectivity index (χ0) is 66.7. The topological polar surface area (TPSA) is 46.0 Å². The van der Waals surface area contributed by atoms with Gasteiger partial charge in [0.05, 0.1) is 49.5 Å². The third-order valence-electron chi connectivity index (χ3n) is 21.6. The molecule has 0 atom stereocenters. The van der Waals surface area contributed by atoms with Crippen LogP contribution in [0.4, 0.5) is 0 Å². The van der Waals surface area contributed by atoms with Crippen molar-refractivity contribution in [2.24, 2.45) is 0 Å². The average molecular weight is 1300 g/mol. The van der Waals surface area contributed by atoms with Crippen LogP contribution in [0.3, 0.4) is 0 Å². The number of benzene rings is 16. The first-order chi connectivity index (χ1) is 50.6. The van der Waals surface area contributed by atoms with Gasteiger partial charge in [0.1, 0.15) is 16.7 Å². The number of fused-ring (bicyclic) bond motifs is 20. The monoisotopic (exact) mass is 1300 g/mol. The van der Waals surface area contributed by atoms with Crippen LogP contribution in [-0.4, -0.2) is 18.3 Å². The molecule has 22 rings (SSSR count). The van der Waals surface area contributed by atoms with Crippen LogP contribution < -0.4 is 0 Å². The molecule has 0 aliphatic rings. The van der Waals surface area contributed by atoms with Crippen molar-refractivity contribution in [3.05, 3.63) is 352 Å². The highest BCUT2D eigenvalue weighted by Gasteiger charge is 2.23. The first-order valence-electron chi connectivity index (χ1n) is 34.9. The van der Waals surface area contributed by atoms with Crippen LogP contribution in [0.5, 0.6) is 0 Å². The summed E-state index contributed by atoms with van der Waals surface area (Å²) in [4.78, 5) is 0. The molecule has 474 valence electrons. The standard InChI is InChI=1S/C96H58N4O2/c1-7-25-84-73(19-1)74-20-2-8-26-85(74)97(84)69-41-31-59(32-42-69)61-35-45-71(46-36-61)99-88-29-11-5-24-82(88)93-90(99)54-52-80-78-49-39-68(58-92(78)102-95(80)93)66-18-14-16-64(56-66)63-15-13-17-65(55-63)67-40-53-89-83(57-67)79-50-51-81-77-23-6-12-30-91(77)101-96(81)94(79)100(89)72-47-37-62(38-48-72)60-33-43-70(44-34-60)98-86-27-9-3-21-75(86)76-22-4-10-28-87(76)98/h1-58H. The summed E-state index contributed by atoms with van der Waals surface area (Å²) in [5.41, 5.74) is 28.6. The molecule has 0 saturated heterocycles. The lowest BCUT2D eigenvalue weighted by Crippen LogP contribution is -1.95. The number of furan rings is 2. The highest BCUT2D eigenvalue weighted by molar-refractivity contribution is 6.25. The Kier molecular flexibility index (Phi) is 12.1. The van der Waals surface area contributed by atoms with Gasteiger partial charge in [0.15, 0.2) is 5.58 Å². The highest BCUT2D eigenvalue weighted by atomic mass is 16.3. The minimum atomic E-state index is 0.862. The van der Waals surface area contributed by atoms with Crippen LogP contribution in [0.15, 0.2) is 361 Å². The number of nitrogens with zero attached hydrogens (tertiary/aromatic N) is 4. The Bertz CT molecular complexity index is 7110. The van der Waals surface area contributed by atoms with Gasteiger partial charge in [-0.1, -0.05) is 212 Å². The second-order valence-electron chi connectivity index (χ2n) is 27.1. The van der Waals surface area contributed by atoms with Gasteiger partial charge >= 0.3 is 0 Å². The van der Waals surface area contributed by atoms with E-state index in [1.807, 2.05) is 0 Å². The summed E-state index contributed by atoms with van der Waals surface area (Å²) in [7, 11) is 0. The molecule has 102 heavy (non-hydrogen) atoms. The predicted octanol–water partition coefficient (Wildman–Crippen LogP) is 26.2. The maximum Gasteiger partial charge on any atom is 0.160 e. The minimum absolute atomic E-state index is 0.862. The summed E-state index contributed by atoms with van der Waals surface area (Å²) >= 11 is 0. The molecular formula is C96H58N4O2. The summed E-state index contributed by atoms with van der Waals surface area (Å²) in [5, 5.41) is 14.0. The van der Waals surface area contributed by atoms with Crippen molar-refractivity contribution in [3.8, 4) is 78.4 Å². The van der Waals surface area contributed by atoms with Gasteiger partial charge in [-0.3, -0.25) is 0 Å². The second kappa shape index (κ2) is 21.9. The molecule has 0 bridgehead atoms. The Hall–Kier alpha value is -13.7. The van der Waals surface area contributed by atoms with Crippen LogP contribution in [-0.2, 0) is 0 Å². The molecule has 0 N–H and O–H groups in total. The van der Waals surface area contributed by atoms with Gasteiger partial charge in [0.25, 0.3) is 0 Å². The Labute approximate surface area is 584 Å². The fourth-order valence-electron chi connectivity index (χ4n) is 16.8. The smallest absolute Gasteiger partial charge is 0.160 e. The lowest BCUT2D eigenvalue weighted by molar-refractivity contribution is 0.671. The molecule has 0 saturated carbocycles. The third kappa shape index (κ3) is 8.47. The van der Waals surface area contributed by atoms with Crippen molar-refractivity contribution in [2.75, 3.05) is 0 Å². The normalized spacial score (nSPS) is 12.1. The van der Waals surface area contributed by atoms with E-state index >= 15 is 0 Å². The van der Waals surface area contributed by atoms with Crippen LogP contribution in [0.25, 0.3) is 209 Å². The van der Waals surface area contributed by atoms with E-state index in [0.29, 0.717) is 0 Å². The molecular weight excluding hydrogens is 1240 g/mol. The number of hydrogen-bond acceptors (Lipinski definition) is 2. The lowest BCUT2D eigenvalue weighted by atomic mass is 9.95. The molecule has 0 aliphatic heterocycles. The van der Waals surface area contributed by atoms with E-state index in [9.17, 15) is 0 Å². The van der Waals surface area contributed by atoms with Crippen LogP contribution in [0.1, 0.15) is 0 Å². The van der Waals surface area contributed by atoms with E-state index < -0.39 is 0 Å². The van der Waals surface area contributed by atoms with Gasteiger partial charge < -0.3 is 27.1 Å². The number of rotatable bonds is 9.